The fourth-order valence-corrected chi connectivity index (χ4v) is 3.17. The lowest BCUT2D eigenvalue weighted by Gasteiger charge is -2.22. The summed E-state index contributed by atoms with van der Waals surface area (Å²) >= 11 is 9.72. The monoisotopic (exact) mass is 329 g/mol. The van der Waals surface area contributed by atoms with Gasteiger partial charge in [-0.05, 0) is 49.3 Å². The molecule has 1 atom stereocenters. The lowest BCUT2D eigenvalue weighted by Crippen LogP contribution is -2.19. The maximum absolute atomic E-state index is 6.23. The van der Waals surface area contributed by atoms with E-state index < -0.39 is 0 Å². The molecule has 0 aromatic heterocycles. The summed E-state index contributed by atoms with van der Waals surface area (Å²) in [6, 6.07) is 6.54. The largest absolute Gasteiger partial charge is 0.381 e. The minimum atomic E-state index is 0.498. The van der Waals surface area contributed by atoms with E-state index in [1.807, 2.05) is 12.1 Å². The smallest absolute Gasteiger partial charge is 0.0638 e. The summed E-state index contributed by atoms with van der Waals surface area (Å²) in [5.41, 5.74) is 1.55. The molecule has 0 radical (unpaired) electrons. The first-order chi connectivity index (χ1) is 8.46. The van der Waals surface area contributed by atoms with Crippen molar-refractivity contribution in [2.45, 2.75) is 52.0 Å². The summed E-state index contributed by atoms with van der Waals surface area (Å²) in [6.07, 6.45) is 6.39. The number of hydrogen-bond donors (Lipinski definition) is 1. The van der Waals surface area contributed by atoms with Crippen LogP contribution in [0.3, 0.4) is 0 Å². The van der Waals surface area contributed by atoms with Crippen LogP contribution in [0.2, 0.25) is 5.02 Å². The molecule has 0 saturated heterocycles. The van der Waals surface area contributed by atoms with E-state index >= 15 is 0 Å². The minimum Gasteiger partial charge on any atom is -0.381 e. The van der Waals surface area contributed by atoms with Crippen molar-refractivity contribution >= 4 is 33.2 Å². The van der Waals surface area contributed by atoms with Gasteiger partial charge in [-0.15, -0.1) is 0 Å². The van der Waals surface area contributed by atoms with Crippen molar-refractivity contribution in [1.29, 1.82) is 0 Å². The van der Waals surface area contributed by atoms with Gasteiger partial charge in [0.1, 0.15) is 0 Å². The van der Waals surface area contributed by atoms with Gasteiger partial charge in [0.15, 0.2) is 0 Å². The van der Waals surface area contributed by atoms with Crippen LogP contribution >= 0.6 is 27.5 Å². The van der Waals surface area contributed by atoms with Crippen molar-refractivity contribution in [2.75, 3.05) is 5.32 Å². The van der Waals surface area contributed by atoms with Crippen LogP contribution in [0.5, 0.6) is 0 Å². The van der Waals surface area contributed by atoms with Gasteiger partial charge in [0.05, 0.1) is 10.7 Å². The van der Waals surface area contributed by atoms with Crippen molar-refractivity contribution in [3.05, 3.63) is 27.7 Å². The molecule has 0 amide bonds. The number of benzene rings is 1. The van der Waals surface area contributed by atoms with Crippen LogP contribution in [0, 0.1) is 5.41 Å². The topological polar surface area (TPSA) is 12.0 Å². The van der Waals surface area contributed by atoms with Crippen molar-refractivity contribution in [2.24, 2.45) is 5.41 Å². The third-order valence-corrected chi connectivity index (χ3v) is 4.69. The predicted octanol–water partition coefficient (Wildman–Crippen LogP) is 5.87. The molecule has 2 rings (SSSR count). The van der Waals surface area contributed by atoms with Crippen molar-refractivity contribution in [3.8, 4) is 0 Å². The number of halogens is 2. The van der Waals surface area contributed by atoms with Gasteiger partial charge in [-0.2, -0.15) is 0 Å². The normalized spacial score (nSPS) is 23.4. The number of anilines is 1. The average molecular weight is 331 g/mol. The zero-order chi connectivity index (χ0) is 13.2. The van der Waals surface area contributed by atoms with E-state index in [2.05, 4.69) is 41.2 Å². The number of rotatable bonds is 2. The maximum Gasteiger partial charge on any atom is 0.0638 e. The van der Waals surface area contributed by atoms with Gasteiger partial charge < -0.3 is 5.32 Å². The highest BCUT2D eigenvalue weighted by Gasteiger charge is 2.24. The molecule has 1 nitrogen and oxygen atoms in total. The molecule has 1 fully saturated rings. The molecule has 1 unspecified atom stereocenters. The van der Waals surface area contributed by atoms with Crippen LogP contribution in [-0.2, 0) is 0 Å². The van der Waals surface area contributed by atoms with Crippen LogP contribution in [-0.4, -0.2) is 6.04 Å². The molecular formula is C15H21BrClN. The fourth-order valence-electron chi connectivity index (χ4n) is 2.63. The van der Waals surface area contributed by atoms with Gasteiger partial charge in [0, 0.05) is 10.5 Å². The summed E-state index contributed by atoms with van der Waals surface area (Å²) in [4.78, 5) is 0. The van der Waals surface area contributed by atoms with Crippen LogP contribution in [0.4, 0.5) is 5.69 Å². The molecule has 0 aliphatic heterocycles. The first-order valence-electron chi connectivity index (χ1n) is 6.68. The summed E-state index contributed by atoms with van der Waals surface area (Å²) in [7, 11) is 0. The fraction of sp³-hybridized carbons (Fsp3) is 0.600. The summed E-state index contributed by atoms with van der Waals surface area (Å²) < 4.78 is 1.07. The highest BCUT2D eigenvalue weighted by atomic mass is 79.9. The molecule has 0 heterocycles. The van der Waals surface area contributed by atoms with Gasteiger partial charge in [-0.3, -0.25) is 0 Å². The Hall–Kier alpha value is -0.210. The average Bonchev–Trinajstić information content (AvgIpc) is 2.46. The zero-order valence-corrected chi connectivity index (χ0v) is 13.4. The van der Waals surface area contributed by atoms with E-state index in [0.717, 1.165) is 15.2 Å². The second-order valence-corrected chi connectivity index (χ2v) is 7.38. The minimum absolute atomic E-state index is 0.498. The standard InChI is InChI=1S/C15H21BrClN/c1-15(2)8-3-4-12(7-9-15)18-14-10-11(16)5-6-13(14)17/h5-6,10,12,18H,3-4,7-9H2,1-2H3. The Morgan fingerprint density at radius 2 is 2.06 bits per heavy atom. The molecule has 0 spiro atoms. The SMILES string of the molecule is CC1(C)CCCC(Nc2cc(Br)ccc2Cl)CC1. The van der Waals surface area contributed by atoms with Crippen molar-refractivity contribution < 1.29 is 0 Å². The van der Waals surface area contributed by atoms with E-state index in [9.17, 15) is 0 Å². The number of nitrogens with one attached hydrogen (secondary N) is 1. The molecule has 1 aromatic carbocycles. The molecule has 100 valence electrons. The van der Waals surface area contributed by atoms with Gasteiger partial charge in [-0.25, -0.2) is 0 Å². The molecule has 3 heteroatoms. The first-order valence-corrected chi connectivity index (χ1v) is 7.85. The Bertz CT molecular complexity index is 417. The van der Waals surface area contributed by atoms with Crippen LogP contribution in [0.15, 0.2) is 22.7 Å². The maximum atomic E-state index is 6.23. The van der Waals surface area contributed by atoms with Crippen molar-refractivity contribution in [1.82, 2.24) is 0 Å². The Balaban J connectivity index is 2.03. The molecule has 18 heavy (non-hydrogen) atoms. The van der Waals surface area contributed by atoms with E-state index in [4.69, 9.17) is 11.6 Å². The second kappa shape index (κ2) is 5.83. The van der Waals surface area contributed by atoms with Gasteiger partial charge >= 0.3 is 0 Å². The molecule has 0 bridgehead atoms. The van der Waals surface area contributed by atoms with E-state index in [1.165, 1.54) is 32.1 Å². The molecule has 1 N–H and O–H groups in total. The lowest BCUT2D eigenvalue weighted by atomic mass is 9.85. The Labute approximate surface area is 123 Å². The predicted molar refractivity (Wildman–Crippen MR) is 83.4 cm³/mol. The lowest BCUT2D eigenvalue weighted by molar-refractivity contribution is 0.313. The van der Waals surface area contributed by atoms with Crippen LogP contribution in [0.25, 0.3) is 0 Å². The van der Waals surface area contributed by atoms with E-state index in [1.54, 1.807) is 0 Å². The van der Waals surface area contributed by atoms with E-state index in [0.29, 0.717) is 11.5 Å². The highest BCUT2D eigenvalue weighted by Crippen LogP contribution is 2.35. The first kappa shape index (κ1) is 14.2. The Kier molecular flexibility index (Phi) is 4.60. The zero-order valence-electron chi connectivity index (χ0n) is 11.1. The molecule has 1 saturated carbocycles. The van der Waals surface area contributed by atoms with Gasteiger partial charge in [-0.1, -0.05) is 47.8 Å². The third-order valence-electron chi connectivity index (χ3n) is 3.86. The quantitative estimate of drug-likeness (QED) is 0.668. The molecule has 1 aliphatic rings. The summed E-state index contributed by atoms with van der Waals surface area (Å²) in [6.45, 7) is 4.75. The Morgan fingerprint density at radius 3 is 2.83 bits per heavy atom. The Morgan fingerprint density at radius 1 is 1.28 bits per heavy atom. The highest BCUT2D eigenvalue weighted by molar-refractivity contribution is 9.10. The molecular weight excluding hydrogens is 310 g/mol. The van der Waals surface area contributed by atoms with Crippen molar-refractivity contribution in [3.63, 3.8) is 0 Å². The van der Waals surface area contributed by atoms with Gasteiger partial charge in [0.2, 0.25) is 0 Å². The third kappa shape index (κ3) is 3.89. The van der Waals surface area contributed by atoms with Gasteiger partial charge in [0.25, 0.3) is 0 Å². The van der Waals surface area contributed by atoms with E-state index in [-0.39, 0.29) is 0 Å². The summed E-state index contributed by atoms with van der Waals surface area (Å²) in [5, 5.41) is 4.41. The number of hydrogen-bond acceptors (Lipinski definition) is 1. The second-order valence-electron chi connectivity index (χ2n) is 6.06. The summed E-state index contributed by atoms with van der Waals surface area (Å²) in [5.74, 6) is 0. The molecule has 1 aliphatic carbocycles. The van der Waals surface area contributed by atoms with Crippen LogP contribution < -0.4 is 5.32 Å². The molecule has 1 aromatic rings. The van der Waals surface area contributed by atoms with Crippen LogP contribution in [0.1, 0.15) is 46.0 Å².